The van der Waals surface area contributed by atoms with Gasteiger partial charge in [0.15, 0.2) is 6.23 Å². The lowest BCUT2D eigenvalue weighted by Crippen LogP contribution is -2.64. The predicted molar refractivity (Wildman–Crippen MR) is 283 cm³/mol. The molecule has 3 aliphatic rings. The van der Waals surface area contributed by atoms with E-state index in [-0.39, 0.29) is 24.1 Å². The summed E-state index contributed by atoms with van der Waals surface area (Å²) in [7, 11) is 0. The number of phenols is 1. The van der Waals surface area contributed by atoms with Gasteiger partial charge in [-0.15, -0.1) is 0 Å². The molecule has 4 rings (SSSR count). The topological polar surface area (TPSA) is 466 Å². The Morgan fingerprint density at radius 3 is 2.00 bits per heavy atom. The molecule has 3 heterocycles. The number of anilines is 1. The maximum atomic E-state index is 14.5. The summed E-state index contributed by atoms with van der Waals surface area (Å²) in [5, 5.41) is 114. The number of fused-ring (bicyclic) bond motifs is 2. The third kappa shape index (κ3) is 18.7. The van der Waals surface area contributed by atoms with Gasteiger partial charge in [0.1, 0.15) is 60.3 Å². The minimum Gasteiger partial charge on any atom is -0.506 e. The van der Waals surface area contributed by atoms with Crippen LogP contribution in [0.15, 0.2) is 18.2 Å². The lowest BCUT2D eigenvalue weighted by atomic mass is 9.91. The van der Waals surface area contributed by atoms with Gasteiger partial charge >= 0.3 is 0 Å². The molecule has 0 aliphatic carbocycles. The van der Waals surface area contributed by atoms with Crippen LogP contribution in [-0.4, -0.2) is 208 Å². The maximum absolute atomic E-state index is 14.5. The SMILES string of the molecule is CCC(C)CC(C)CCCCCCCCC(=O)NC1C[C@@H](O)[C@@H](O)NC(=O)[C@@H]2[C@@H](O)CCN2C(=O)[C@H]([C@@H](O)CC(N)=O)NC(=O)[C@H]([C@H](O)[C@@H](O)c2ccc(O)c(NC(=O)CN)c2)NC(=O)[C@@H]2C[C@@H](O)CN2C(=O)[C@H]([C@H](C)O)NC1=O. The number of carbonyl (C=O) groups is 9. The Bertz CT molecular complexity index is 2310. The largest absolute Gasteiger partial charge is 0.506 e. The summed E-state index contributed by atoms with van der Waals surface area (Å²) in [6.45, 7) is 6.09. The van der Waals surface area contributed by atoms with Gasteiger partial charge in [0, 0.05) is 32.4 Å². The molecule has 9 amide bonds. The first-order valence-corrected chi connectivity index (χ1v) is 27.4. The number of primary amides is 1. The van der Waals surface area contributed by atoms with Gasteiger partial charge in [-0.3, -0.25) is 43.2 Å². The van der Waals surface area contributed by atoms with Crippen LogP contribution in [0.1, 0.15) is 129 Å². The third-order valence-corrected chi connectivity index (χ3v) is 14.9. The molecule has 3 unspecified atom stereocenters. The van der Waals surface area contributed by atoms with E-state index in [9.17, 15) is 89.1 Å². The van der Waals surface area contributed by atoms with Gasteiger partial charge < -0.3 is 99.1 Å². The number of nitrogens with zero attached hydrogens (tertiary/aromatic N) is 2. The number of hydrogen-bond acceptors (Lipinski definition) is 19. The highest BCUT2D eigenvalue weighted by Gasteiger charge is 2.49. The van der Waals surface area contributed by atoms with Crippen molar-refractivity contribution in [3.8, 4) is 5.75 Å². The van der Waals surface area contributed by atoms with Crippen molar-refractivity contribution in [2.75, 3.05) is 25.0 Å². The summed E-state index contributed by atoms with van der Waals surface area (Å²) in [6, 6.07) is -9.31. The number of phenolic OH excluding ortho intramolecular Hbond substituents is 1. The van der Waals surface area contributed by atoms with Crippen LogP contribution in [0, 0.1) is 11.8 Å². The number of aromatic hydroxyl groups is 1. The highest BCUT2D eigenvalue weighted by molar-refractivity contribution is 5.99. The molecule has 28 nitrogen and oxygen atoms in total. The molecule has 28 heteroatoms. The minimum atomic E-state index is -2.51. The van der Waals surface area contributed by atoms with Crippen LogP contribution in [0.2, 0.25) is 0 Å². The predicted octanol–water partition coefficient (Wildman–Crippen LogP) is -4.44. The van der Waals surface area contributed by atoms with Crippen LogP contribution < -0.4 is 43.4 Å². The lowest BCUT2D eigenvalue weighted by Gasteiger charge is -2.34. The second kappa shape index (κ2) is 31.2. The quantitative estimate of drug-likeness (QED) is 0.0385. The normalized spacial score (nSPS) is 27.9. The number of nitrogens with two attached hydrogens (primary N) is 2. The summed E-state index contributed by atoms with van der Waals surface area (Å²) < 4.78 is 0. The van der Waals surface area contributed by atoms with E-state index >= 15 is 0 Å². The van der Waals surface area contributed by atoms with E-state index in [4.69, 9.17) is 11.5 Å². The lowest BCUT2D eigenvalue weighted by molar-refractivity contribution is -0.149. The zero-order valence-electron chi connectivity index (χ0n) is 45.7. The van der Waals surface area contributed by atoms with Gasteiger partial charge in [-0.25, -0.2) is 0 Å². The van der Waals surface area contributed by atoms with Gasteiger partial charge in [-0.1, -0.05) is 71.8 Å². The first-order valence-electron chi connectivity index (χ1n) is 27.4. The van der Waals surface area contributed by atoms with Crippen molar-refractivity contribution in [2.45, 2.75) is 203 Å². The fraction of sp³-hybridized carbons (Fsp3) is 0.712. The van der Waals surface area contributed by atoms with Crippen molar-refractivity contribution in [1.29, 1.82) is 0 Å². The van der Waals surface area contributed by atoms with E-state index in [1.165, 1.54) is 6.42 Å². The molecule has 3 fully saturated rings. The standard InChI is InChI=1S/C52H84N10O18/c1-5-25(2)18-26(3)12-10-8-6-7-9-11-13-38(70)56-31-21-36(68)48(76)60-50(78)43-34(66)16-17-61(43)52(80)41(35(67)22-37(54)69)58-49(77)42(45(73)44(72)28-14-15-33(65)30(19-28)55-39(71)23-53)59-47(75)32-20-29(64)24-62(32)51(79)40(27(4)63)57-46(31)74/h14-15,19,25-27,29,31-32,34-36,40-45,48,63-68,72-73,76H,5-13,16-18,20-24,53H2,1-4H3,(H2,54,69)(H,55,71)(H,56,70)(H,57,74)(H,58,77)(H,59,75)(H,60,78)/t25?,26?,27-,29+,31?,32-,34-,35-,36+,40-,41-,42-,43-,44-,45-,48+/m0/s1. The zero-order valence-corrected chi connectivity index (χ0v) is 45.7. The van der Waals surface area contributed by atoms with E-state index in [0.29, 0.717) is 29.6 Å². The minimum absolute atomic E-state index is 0.0993. The third-order valence-electron chi connectivity index (χ3n) is 14.9. The second-order valence-corrected chi connectivity index (χ2v) is 21.5. The molecule has 3 aliphatic heterocycles. The molecule has 0 radical (unpaired) electrons. The number of rotatable bonds is 22. The van der Waals surface area contributed by atoms with Crippen LogP contribution in [0.5, 0.6) is 5.75 Å². The fourth-order valence-corrected chi connectivity index (χ4v) is 10.2. The number of unbranched alkanes of at least 4 members (excludes halogenated alkanes) is 5. The maximum Gasteiger partial charge on any atom is 0.248 e. The van der Waals surface area contributed by atoms with Crippen molar-refractivity contribution in [2.24, 2.45) is 23.3 Å². The average molecular weight is 1140 g/mol. The summed E-state index contributed by atoms with van der Waals surface area (Å²) in [5.74, 6) is -10.0. The van der Waals surface area contributed by atoms with E-state index < -0.39 is 183 Å². The number of carbonyl (C=O) groups excluding carboxylic acids is 9. The average Bonchev–Trinajstić information content (AvgIpc) is 4.00. The highest BCUT2D eigenvalue weighted by Crippen LogP contribution is 2.31. The Morgan fingerprint density at radius 2 is 1.36 bits per heavy atom. The smallest absolute Gasteiger partial charge is 0.248 e. The van der Waals surface area contributed by atoms with Crippen molar-refractivity contribution >= 4 is 58.9 Å². The van der Waals surface area contributed by atoms with E-state index in [1.807, 2.05) is 5.32 Å². The number of aliphatic hydroxyl groups is 8. The second-order valence-electron chi connectivity index (χ2n) is 21.5. The Kier molecular flexibility index (Phi) is 25.9. The molecule has 16 atom stereocenters. The van der Waals surface area contributed by atoms with Crippen LogP contribution in [0.3, 0.4) is 0 Å². The number of hydrogen-bond donors (Lipinski definition) is 17. The zero-order chi connectivity index (χ0) is 59.7. The number of benzene rings is 1. The summed E-state index contributed by atoms with van der Waals surface area (Å²) >= 11 is 0. The Hall–Kier alpha value is -6.11. The number of nitrogens with one attached hydrogen (secondary N) is 6. The molecular weight excluding hydrogens is 1050 g/mol. The first kappa shape index (κ1) is 66.4. The molecule has 0 aromatic heterocycles. The van der Waals surface area contributed by atoms with Crippen molar-refractivity contribution < 1.29 is 89.1 Å². The summed E-state index contributed by atoms with van der Waals surface area (Å²) in [4.78, 5) is 125. The molecule has 1 aromatic rings. The number of amides is 9. The van der Waals surface area contributed by atoms with E-state index in [2.05, 4.69) is 47.4 Å². The molecule has 0 saturated carbocycles. The fourth-order valence-electron chi connectivity index (χ4n) is 10.2. The van der Waals surface area contributed by atoms with Crippen LogP contribution in [0.25, 0.3) is 0 Å². The molecule has 3 saturated heterocycles. The van der Waals surface area contributed by atoms with Crippen molar-refractivity contribution in [3.05, 3.63) is 23.8 Å². The van der Waals surface area contributed by atoms with Crippen LogP contribution in [0.4, 0.5) is 5.69 Å². The molecule has 450 valence electrons. The summed E-state index contributed by atoms with van der Waals surface area (Å²) in [6.07, 6.45) is -11.0. The Morgan fingerprint density at radius 1 is 0.738 bits per heavy atom. The van der Waals surface area contributed by atoms with Gasteiger partial charge in [0.05, 0.1) is 43.1 Å². The number of aliphatic hydroxyl groups excluding tert-OH is 8. The van der Waals surface area contributed by atoms with E-state index in [0.717, 1.165) is 68.5 Å². The monoisotopic (exact) mass is 1140 g/mol. The molecule has 1 aromatic carbocycles. The van der Waals surface area contributed by atoms with Gasteiger partial charge in [-0.05, 0) is 55.7 Å². The Balaban J connectivity index is 1.73. The van der Waals surface area contributed by atoms with Gasteiger partial charge in [-0.2, -0.15) is 0 Å². The van der Waals surface area contributed by atoms with E-state index in [1.54, 1.807) is 0 Å². The Labute approximate surface area is 463 Å². The molecule has 0 bridgehead atoms. The first-order chi connectivity index (χ1) is 37.7. The van der Waals surface area contributed by atoms with Gasteiger partial charge in [0.2, 0.25) is 53.2 Å². The molecule has 0 spiro atoms. The van der Waals surface area contributed by atoms with Crippen LogP contribution >= 0.6 is 0 Å². The molecular formula is C52H84N10O18. The van der Waals surface area contributed by atoms with Crippen LogP contribution in [-0.2, 0) is 43.2 Å². The molecule has 19 N–H and O–H groups in total. The summed E-state index contributed by atoms with van der Waals surface area (Å²) in [5.41, 5.74) is 10.1. The van der Waals surface area contributed by atoms with Crippen molar-refractivity contribution in [1.82, 2.24) is 36.4 Å². The molecule has 80 heavy (non-hydrogen) atoms. The van der Waals surface area contributed by atoms with Gasteiger partial charge in [0.25, 0.3) is 0 Å². The highest BCUT2D eigenvalue weighted by atomic mass is 16.3. The van der Waals surface area contributed by atoms with Crippen molar-refractivity contribution in [3.63, 3.8) is 0 Å².